The minimum absolute atomic E-state index is 0.111. The molecule has 174 valence electrons. The molecule has 8 nitrogen and oxygen atoms in total. The van der Waals surface area contributed by atoms with E-state index in [1.54, 1.807) is 29.2 Å². The molecule has 1 N–H and O–H groups in total. The number of aliphatic hydroxyl groups is 1. The van der Waals surface area contributed by atoms with E-state index in [4.69, 9.17) is 4.74 Å². The average Bonchev–Trinajstić information content (AvgIpc) is 3.34. The van der Waals surface area contributed by atoms with E-state index in [9.17, 15) is 23.1 Å². The van der Waals surface area contributed by atoms with Crippen LogP contribution in [0.2, 0.25) is 0 Å². The fourth-order valence-electron chi connectivity index (χ4n) is 3.82. The lowest BCUT2D eigenvalue weighted by Crippen LogP contribution is -2.49. The van der Waals surface area contributed by atoms with Crippen LogP contribution in [0, 0.1) is 0 Å². The standard InChI is InChI=1S/C22H22F3N5O3/c1-14-8-9-15(33-20-17(6-4-10-26-20)19(31)22(23,24)25)13-29(14)21(32)16-5-2-3-7-18(16)30-27-11-12-28-30/h2-7,10-12,14-15,19,31H,8-9,13H2,1H3/t14-,15-,19+/m1/s1. The summed E-state index contributed by atoms with van der Waals surface area (Å²) < 4.78 is 44.9. The molecule has 11 heteroatoms. The molecular formula is C22H22F3N5O3. The van der Waals surface area contributed by atoms with Gasteiger partial charge >= 0.3 is 6.18 Å². The molecule has 3 aromatic rings. The Bertz CT molecular complexity index is 1110. The number of para-hydroxylation sites is 1. The SMILES string of the molecule is C[C@@H]1CC[C@@H](Oc2ncccc2[C@H](O)C(F)(F)F)CN1C(=O)c1ccccc1-n1nccn1. The number of hydrogen-bond donors (Lipinski definition) is 1. The molecule has 0 spiro atoms. The Hall–Kier alpha value is -3.47. The normalized spacial score (nSPS) is 19.8. The molecule has 1 aliphatic rings. The first-order valence-electron chi connectivity index (χ1n) is 10.4. The Labute approximate surface area is 187 Å². The smallest absolute Gasteiger partial charge is 0.418 e. The van der Waals surface area contributed by atoms with Crippen molar-refractivity contribution >= 4 is 5.91 Å². The van der Waals surface area contributed by atoms with Crippen molar-refractivity contribution < 1.29 is 27.8 Å². The molecule has 2 aromatic heterocycles. The van der Waals surface area contributed by atoms with Crippen LogP contribution < -0.4 is 4.74 Å². The van der Waals surface area contributed by atoms with E-state index in [-0.39, 0.29) is 24.4 Å². The van der Waals surface area contributed by atoms with E-state index in [0.29, 0.717) is 24.1 Å². The molecular weight excluding hydrogens is 439 g/mol. The van der Waals surface area contributed by atoms with Gasteiger partial charge in [-0.25, -0.2) is 4.98 Å². The average molecular weight is 461 g/mol. The maximum absolute atomic E-state index is 13.4. The lowest BCUT2D eigenvalue weighted by atomic mass is 9.99. The summed E-state index contributed by atoms with van der Waals surface area (Å²) in [5.41, 5.74) is 0.451. The van der Waals surface area contributed by atoms with E-state index >= 15 is 0 Å². The highest BCUT2D eigenvalue weighted by Gasteiger charge is 2.42. The summed E-state index contributed by atoms with van der Waals surface area (Å²) in [6.07, 6.45) is -2.74. The van der Waals surface area contributed by atoms with Crippen molar-refractivity contribution in [1.82, 2.24) is 24.9 Å². The molecule has 0 unspecified atom stereocenters. The second kappa shape index (κ2) is 9.18. The molecule has 1 aromatic carbocycles. The predicted molar refractivity (Wildman–Crippen MR) is 111 cm³/mol. The fraction of sp³-hybridized carbons (Fsp3) is 0.364. The largest absolute Gasteiger partial charge is 0.472 e. The van der Waals surface area contributed by atoms with Gasteiger partial charge in [0.25, 0.3) is 5.91 Å². The van der Waals surface area contributed by atoms with Crippen LogP contribution >= 0.6 is 0 Å². The van der Waals surface area contributed by atoms with Crippen LogP contribution in [0.3, 0.4) is 0 Å². The van der Waals surface area contributed by atoms with Crippen molar-refractivity contribution in [2.45, 2.75) is 44.2 Å². The van der Waals surface area contributed by atoms with Gasteiger partial charge in [0.05, 0.1) is 35.8 Å². The number of halogens is 3. The van der Waals surface area contributed by atoms with Crippen LogP contribution in [0.25, 0.3) is 5.69 Å². The van der Waals surface area contributed by atoms with Crippen LogP contribution in [-0.4, -0.2) is 60.8 Å². The lowest BCUT2D eigenvalue weighted by molar-refractivity contribution is -0.207. The summed E-state index contributed by atoms with van der Waals surface area (Å²) in [7, 11) is 0. The highest BCUT2D eigenvalue weighted by molar-refractivity contribution is 5.98. The number of piperidine rings is 1. The summed E-state index contributed by atoms with van der Waals surface area (Å²) in [5.74, 6) is -0.560. The molecule has 0 saturated carbocycles. The third kappa shape index (κ3) is 4.82. The number of benzene rings is 1. The van der Waals surface area contributed by atoms with Crippen LogP contribution in [0.5, 0.6) is 5.88 Å². The van der Waals surface area contributed by atoms with Gasteiger partial charge in [-0.05, 0) is 44.0 Å². The predicted octanol–water partition coefficient (Wildman–Crippen LogP) is 3.33. The molecule has 1 fully saturated rings. The zero-order valence-electron chi connectivity index (χ0n) is 17.7. The molecule has 0 bridgehead atoms. The van der Waals surface area contributed by atoms with E-state index in [1.807, 2.05) is 6.92 Å². The molecule has 3 atom stereocenters. The van der Waals surface area contributed by atoms with Gasteiger partial charge in [0.1, 0.15) is 6.10 Å². The van der Waals surface area contributed by atoms with Crippen LogP contribution in [0.1, 0.15) is 41.8 Å². The molecule has 1 amide bonds. The number of amides is 1. The van der Waals surface area contributed by atoms with Crippen molar-refractivity contribution in [2.75, 3.05) is 6.54 Å². The fourth-order valence-corrected chi connectivity index (χ4v) is 3.82. The number of carbonyl (C=O) groups is 1. The summed E-state index contributed by atoms with van der Waals surface area (Å²) in [6, 6.07) is 9.23. The Kier molecular flexibility index (Phi) is 6.32. The van der Waals surface area contributed by atoms with Gasteiger partial charge in [0.15, 0.2) is 6.10 Å². The maximum Gasteiger partial charge on any atom is 0.418 e. The zero-order valence-corrected chi connectivity index (χ0v) is 17.7. The number of likely N-dealkylation sites (tertiary alicyclic amines) is 1. The Morgan fingerprint density at radius 1 is 1.12 bits per heavy atom. The topological polar surface area (TPSA) is 93.4 Å². The number of pyridine rings is 1. The van der Waals surface area contributed by atoms with Gasteiger partial charge in [-0.15, -0.1) is 0 Å². The highest BCUT2D eigenvalue weighted by atomic mass is 19.4. The first-order valence-corrected chi connectivity index (χ1v) is 10.4. The summed E-state index contributed by atoms with van der Waals surface area (Å²) in [6.45, 7) is 2.06. The van der Waals surface area contributed by atoms with Gasteiger partial charge in [-0.2, -0.15) is 28.2 Å². The highest BCUT2D eigenvalue weighted by Crippen LogP contribution is 2.37. The minimum Gasteiger partial charge on any atom is -0.472 e. The monoisotopic (exact) mass is 461 g/mol. The third-order valence-corrected chi connectivity index (χ3v) is 5.55. The number of aromatic nitrogens is 4. The summed E-state index contributed by atoms with van der Waals surface area (Å²) in [4.78, 5) is 20.3. The number of nitrogens with zero attached hydrogens (tertiary/aromatic N) is 5. The van der Waals surface area contributed by atoms with Crippen molar-refractivity contribution in [2.24, 2.45) is 0 Å². The number of rotatable bonds is 5. The minimum atomic E-state index is -4.85. The van der Waals surface area contributed by atoms with Gasteiger partial charge in [-0.1, -0.05) is 12.1 Å². The molecule has 3 heterocycles. The Balaban J connectivity index is 1.56. The van der Waals surface area contributed by atoms with E-state index in [1.165, 1.54) is 29.5 Å². The molecule has 1 aliphatic heterocycles. The Morgan fingerprint density at radius 3 is 2.58 bits per heavy atom. The van der Waals surface area contributed by atoms with Crippen molar-refractivity contribution in [3.63, 3.8) is 0 Å². The second-order valence-electron chi connectivity index (χ2n) is 7.80. The van der Waals surface area contributed by atoms with Crippen LogP contribution in [0.15, 0.2) is 55.0 Å². The van der Waals surface area contributed by atoms with E-state index in [0.717, 1.165) is 6.07 Å². The molecule has 0 radical (unpaired) electrons. The second-order valence-corrected chi connectivity index (χ2v) is 7.80. The molecule has 4 rings (SSSR count). The van der Waals surface area contributed by atoms with Crippen LogP contribution in [-0.2, 0) is 0 Å². The molecule has 0 aliphatic carbocycles. The quantitative estimate of drug-likeness (QED) is 0.627. The first-order chi connectivity index (χ1) is 15.8. The number of alkyl halides is 3. The number of ether oxygens (including phenoxy) is 1. The number of hydrogen-bond acceptors (Lipinski definition) is 6. The van der Waals surface area contributed by atoms with Gasteiger partial charge in [-0.3, -0.25) is 4.79 Å². The summed E-state index contributed by atoms with van der Waals surface area (Å²) >= 11 is 0. The van der Waals surface area contributed by atoms with Crippen LogP contribution in [0.4, 0.5) is 13.2 Å². The van der Waals surface area contributed by atoms with Crippen molar-refractivity contribution in [1.29, 1.82) is 0 Å². The van der Waals surface area contributed by atoms with Gasteiger partial charge in [0, 0.05) is 12.2 Å². The van der Waals surface area contributed by atoms with Gasteiger partial charge < -0.3 is 14.7 Å². The van der Waals surface area contributed by atoms with E-state index < -0.39 is 23.9 Å². The van der Waals surface area contributed by atoms with E-state index in [2.05, 4.69) is 15.2 Å². The first kappa shape index (κ1) is 22.7. The zero-order chi connectivity index (χ0) is 23.6. The summed E-state index contributed by atoms with van der Waals surface area (Å²) in [5, 5.41) is 17.9. The van der Waals surface area contributed by atoms with Crippen molar-refractivity contribution in [3.8, 4) is 11.6 Å². The Morgan fingerprint density at radius 2 is 1.85 bits per heavy atom. The van der Waals surface area contributed by atoms with Gasteiger partial charge in [0.2, 0.25) is 5.88 Å². The lowest BCUT2D eigenvalue weighted by Gasteiger charge is -2.38. The maximum atomic E-state index is 13.4. The molecule has 33 heavy (non-hydrogen) atoms. The number of carbonyl (C=O) groups excluding carboxylic acids is 1. The molecule has 1 saturated heterocycles. The number of aliphatic hydroxyl groups excluding tert-OH is 1. The third-order valence-electron chi connectivity index (χ3n) is 5.55. The van der Waals surface area contributed by atoms with Crippen molar-refractivity contribution in [3.05, 3.63) is 66.1 Å².